The first-order valence-electron chi connectivity index (χ1n) is 10.5. The fraction of sp³-hybridized carbons (Fsp3) is 0.429. The molecule has 0 saturated heterocycles. The number of amides is 2. The van der Waals surface area contributed by atoms with Crippen molar-refractivity contribution in [3.63, 3.8) is 0 Å². The van der Waals surface area contributed by atoms with Gasteiger partial charge in [-0.15, -0.1) is 0 Å². The van der Waals surface area contributed by atoms with Crippen LogP contribution in [0.2, 0.25) is 0 Å². The highest BCUT2D eigenvalue weighted by Gasteiger charge is 2.32. The fourth-order valence-electron chi connectivity index (χ4n) is 4.08. The second-order valence-corrected chi connectivity index (χ2v) is 8.08. The minimum Gasteiger partial charge on any atom is -0.308 e. The highest BCUT2D eigenvalue weighted by Crippen LogP contribution is 2.36. The Labute approximate surface area is 187 Å². The molecule has 0 bridgehead atoms. The van der Waals surface area contributed by atoms with Crippen LogP contribution < -0.4 is 15.3 Å². The summed E-state index contributed by atoms with van der Waals surface area (Å²) in [6.45, 7) is 2.64. The fourth-order valence-corrected chi connectivity index (χ4v) is 4.08. The molecule has 2 amide bonds. The Hall–Kier alpha value is -3.57. The second kappa shape index (κ2) is 9.51. The Bertz CT molecular complexity index is 1110. The highest BCUT2D eigenvalue weighted by molar-refractivity contribution is 5.98. The first-order chi connectivity index (χ1) is 15.8. The molecule has 0 aromatic carbocycles. The molecule has 2 N–H and O–H groups in total. The average Bonchev–Trinajstić information content (AvgIpc) is 3.21. The van der Waals surface area contributed by atoms with Gasteiger partial charge in [-0.1, -0.05) is 4.68 Å². The van der Waals surface area contributed by atoms with Gasteiger partial charge in [0.15, 0.2) is 6.54 Å². The molecule has 12 heteroatoms. The number of hydrogen-bond acceptors (Lipinski definition) is 6. The van der Waals surface area contributed by atoms with Gasteiger partial charge in [0.2, 0.25) is 5.27 Å². The van der Waals surface area contributed by atoms with E-state index in [4.69, 9.17) is 4.52 Å². The van der Waals surface area contributed by atoms with E-state index in [1.807, 2.05) is 13.1 Å². The molecular weight excluding hydrogens is 439 g/mol. The van der Waals surface area contributed by atoms with Crippen LogP contribution in [0, 0.1) is 12.8 Å². The van der Waals surface area contributed by atoms with Crippen LogP contribution >= 0.6 is 0 Å². The molecule has 0 aliphatic heterocycles. The SMILES string of the molecule is Cc1ncncc1C1CCC(C[n+]2cc(NC(=O)Nc3ccnc(C(F)(F)F)c3)on2)CC1. The summed E-state index contributed by atoms with van der Waals surface area (Å²) in [4.78, 5) is 23.8. The van der Waals surface area contributed by atoms with E-state index >= 15 is 0 Å². The maximum atomic E-state index is 12.8. The number of urea groups is 1. The number of nitrogens with zero attached hydrogens (tertiary/aromatic N) is 5. The largest absolute Gasteiger partial charge is 0.433 e. The van der Waals surface area contributed by atoms with Gasteiger partial charge in [-0.05, 0) is 56.2 Å². The summed E-state index contributed by atoms with van der Waals surface area (Å²) in [5.74, 6) is 0.959. The molecule has 0 atom stereocenters. The number of hydrogen-bond donors (Lipinski definition) is 2. The quantitative estimate of drug-likeness (QED) is 0.553. The van der Waals surface area contributed by atoms with Crippen LogP contribution in [0.15, 0.2) is 41.6 Å². The number of carbonyl (C=O) groups excluding carboxylic acids is 1. The third-order valence-electron chi connectivity index (χ3n) is 5.74. The van der Waals surface area contributed by atoms with Gasteiger partial charge in [-0.2, -0.15) is 13.2 Å². The van der Waals surface area contributed by atoms with Gasteiger partial charge in [0.1, 0.15) is 12.0 Å². The highest BCUT2D eigenvalue weighted by atomic mass is 19.4. The van der Waals surface area contributed by atoms with Gasteiger partial charge in [-0.3, -0.25) is 14.8 Å². The predicted molar refractivity (Wildman–Crippen MR) is 110 cm³/mol. The van der Waals surface area contributed by atoms with Crippen LogP contribution in [0.25, 0.3) is 0 Å². The molecule has 3 heterocycles. The predicted octanol–water partition coefficient (Wildman–Crippen LogP) is 4.09. The van der Waals surface area contributed by atoms with Crippen molar-refractivity contribution in [3.05, 3.63) is 54.0 Å². The molecule has 3 aromatic rings. The molecule has 1 saturated carbocycles. The third kappa shape index (κ3) is 5.82. The minimum atomic E-state index is -4.60. The van der Waals surface area contributed by atoms with Crippen molar-refractivity contribution in [3.8, 4) is 0 Å². The van der Waals surface area contributed by atoms with Gasteiger partial charge >= 0.3 is 18.1 Å². The standard InChI is InChI=1S/C21H22F3N7O2/c1-13-17(9-25-12-27-13)15-4-2-14(3-5-15)10-31-11-19(33-30-31)29-20(32)28-16-6-7-26-18(8-16)21(22,23)24/h6-9,11-12,14-15H,2-5,10H2,1H3,(H-,26,28,29,30,32)/p+1. The molecule has 9 nitrogen and oxygen atoms in total. The zero-order valence-electron chi connectivity index (χ0n) is 17.8. The van der Waals surface area contributed by atoms with Crippen molar-refractivity contribution in [1.82, 2.24) is 20.2 Å². The van der Waals surface area contributed by atoms with Crippen LogP contribution in [0.1, 0.15) is 48.6 Å². The summed E-state index contributed by atoms with van der Waals surface area (Å²) in [5, 5.41) is 8.68. The molecule has 1 aliphatic carbocycles. The minimum absolute atomic E-state index is 0.0435. The molecule has 0 spiro atoms. The van der Waals surface area contributed by atoms with Gasteiger partial charge in [-0.25, -0.2) is 14.8 Å². The van der Waals surface area contributed by atoms with Crippen molar-refractivity contribution in [2.75, 3.05) is 10.6 Å². The van der Waals surface area contributed by atoms with E-state index in [0.717, 1.165) is 43.6 Å². The lowest BCUT2D eigenvalue weighted by molar-refractivity contribution is -0.767. The van der Waals surface area contributed by atoms with Crippen LogP contribution in [-0.2, 0) is 12.7 Å². The van der Waals surface area contributed by atoms with E-state index < -0.39 is 17.9 Å². The van der Waals surface area contributed by atoms with Crippen molar-refractivity contribution in [1.29, 1.82) is 0 Å². The first-order valence-corrected chi connectivity index (χ1v) is 10.5. The van der Waals surface area contributed by atoms with E-state index in [0.29, 0.717) is 18.4 Å². The molecule has 0 radical (unpaired) electrons. The zero-order chi connectivity index (χ0) is 23.4. The maximum absolute atomic E-state index is 12.8. The lowest BCUT2D eigenvalue weighted by atomic mass is 9.78. The lowest BCUT2D eigenvalue weighted by Gasteiger charge is -2.26. The molecule has 3 aromatic heterocycles. The number of alkyl halides is 3. The van der Waals surface area contributed by atoms with Crippen molar-refractivity contribution in [2.24, 2.45) is 5.92 Å². The Kier molecular flexibility index (Phi) is 6.52. The molecule has 33 heavy (non-hydrogen) atoms. The van der Waals surface area contributed by atoms with E-state index in [-0.39, 0.29) is 11.6 Å². The van der Waals surface area contributed by atoms with Crippen molar-refractivity contribution < 1.29 is 27.2 Å². The van der Waals surface area contributed by atoms with E-state index in [9.17, 15) is 18.0 Å². The first kappa shape index (κ1) is 22.6. The number of carbonyl (C=O) groups is 1. The number of rotatable bonds is 5. The Morgan fingerprint density at radius 3 is 2.73 bits per heavy atom. The number of anilines is 2. The smallest absolute Gasteiger partial charge is 0.308 e. The maximum Gasteiger partial charge on any atom is 0.433 e. The lowest BCUT2D eigenvalue weighted by Crippen LogP contribution is -2.39. The third-order valence-corrected chi connectivity index (χ3v) is 5.74. The van der Waals surface area contributed by atoms with Gasteiger partial charge in [0, 0.05) is 29.7 Å². The summed E-state index contributed by atoms with van der Waals surface area (Å²) in [6.07, 6.45) is 5.51. The monoisotopic (exact) mass is 462 g/mol. The van der Waals surface area contributed by atoms with E-state index in [1.165, 1.54) is 11.6 Å². The normalized spacial score (nSPS) is 18.7. The van der Waals surface area contributed by atoms with Gasteiger partial charge < -0.3 is 5.32 Å². The van der Waals surface area contributed by atoms with E-state index in [1.54, 1.807) is 17.2 Å². The summed E-state index contributed by atoms with van der Waals surface area (Å²) < 4.78 is 45.0. The molecule has 4 rings (SSSR count). The number of nitrogens with one attached hydrogen (secondary N) is 2. The number of halogens is 3. The zero-order valence-corrected chi connectivity index (χ0v) is 17.8. The van der Waals surface area contributed by atoms with Crippen molar-refractivity contribution >= 4 is 17.6 Å². The summed E-state index contributed by atoms with van der Waals surface area (Å²) in [5.41, 5.74) is 1.09. The summed E-state index contributed by atoms with van der Waals surface area (Å²) in [7, 11) is 0. The van der Waals surface area contributed by atoms with Crippen LogP contribution in [0.3, 0.4) is 0 Å². The van der Waals surface area contributed by atoms with E-state index in [2.05, 4.69) is 30.9 Å². The Balaban J connectivity index is 1.27. The van der Waals surface area contributed by atoms with Crippen LogP contribution in [-0.4, -0.2) is 26.3 Å². The molecule has 174 valence electrons. The second-order valence-electron chi connectivity index (χ2n) is 8.08. The summed E-state index contributed by atoms with van der Waals surface area (Å²) in [6, 6.07) is 1.26. The average molecular weight is 462 g/mol. The molecule has 1 aliphatic rings. The molecule has 1 fully saturated rings. The summed E-state index contributed by atoms with van der Waals surface area (Å²) >= 11 is 0. The Morgan fingerprint density at radius 1 is 1.21 bits per heavy atom. The van der Waals surface area contributed by atoms with Crippen LogP contribution in [0.4, 0.5) is 29.5 Å². The number of aryl methyl sites for hydroxylation is 1. The number of pyridine rings is 1. The number of aromatic nitrogens is 5. The molecule has 0 unspecified atom stereocenters. The molecular formula is C21H23F3N7O2+. The van der Waals surface area contributed by atoms with Gasteiger partial charge in [0.25, 0.3) is 6.20 Å². The van der Waals surface area contributed by atoms with Gasteiger partial charge in [0.05, 0.1) is 0 Å². The van der Waals surface area contributed by atoms with Crippen molar-refractivity contribution in [2.45, 2.75) is 51.2 Å². The van der Waals surface area contributed by atoms with Crippen LogP contribution in [0.5, 0.6) is 0 Å². The topological polar surface area (TPSA) is 110 Å². The Morgan fingerprint density at radius 2 is 2.00 bits per heavy atom.